The lowest BCUT2D eigenvalue weighted by Gasteiger charge is -2.29. The van der Waals surface area contributed by atoms with Crippen LogP contribution in [0.1, 0.15) is 31.2 Å². The predicted octanol–water partition coefficient (Wildman–Crippen LogP) is 3.35. The Balaban J connectivity index is 2.28. The minimum Gasteiger partial charge on any atom is -0.480 e. The Labute approximate surface area is 110 Å². The third-order valence-electron chi connectivity index (χ3n) is 3.33. The highest BCUT2D eigenvalue weighted by atomic mass is 35.5. The second kappa shape index (κ2) is 5.24. The van der Waals surface area contributed by atoms with E-state index in [4.69, 9.17) is 21.4 Å². The summed E-state index contributed by atoms with van der Waals surface area (Å²) in [5.41, 5.74) is -0.00718. The van der Waals surface area contributed by atoms with Gasteiger partial charge in [0.2, 0.25) is 0 Å². The van der Waals surface area contributed by atoms with E-state index in [2.05, 4.69) is 0 Å². The molecule has 1 aliphatic rings. The van der Waals surface area contributed by atoms with Crippen molar-refractivity contribution in [3.05, 3.63) is 34.6 Å². The maximum atomic E-state index is 13.5. The van der Waals surface area contributed by atoms with E-state index in [1.807, 2.05) is 0 Å². The Kier molecular flexibility index (Phi) is 3.88. The van der Waals surface area contributed by atoms with Crippen LogP contribution in [0.2, 0.25) is 5.02 Å². The third kappa shape index (κ3) is 2.65. The summed E-state index contributed by atoms with van der Waals surface area (Å²) in [4.78, 5) is 10.6. The van der Waals surface area contributed by atoms with Crippen LogP contribution in [0.25, 0.3) is 0 Å². The zero-order valence-electron chi connectivity index (χ0n) is 9.79. The number of halogens is 2. The summed E-state index contributed by atoms with van der Waals surface area (Å²) < 4.78 is 19.0. The molecular formula is C13H14ClFO3. The lowest BCUT2D eigenvalue weighted by Crippen LogP contribution is -2.29. The lowest BCUT2D eigenvalue weighted by atomic mass is 9.92. The molecule has 0 spiro atoms. The monoisotopic (exact) mass is 272 g/mol. The van der Waals surface area contributed by atoms with Crippen LogP contribution in [0.3, 0.4) is 0 Å². The van der Waals surface area contributed by atoms with Crippen molar-refractivity contribution in [1.29, 1.82) is 0 Å². The van der Waals surface area contributed by atoms with Gasteiger partial charge in [-0.05, 0) is 30.5 Å². The minimum atomic E-state index is -1.02. The molecule has 0 radical (unpaired) electrons. The Morgan fingerprint density at radius 3 is 2.67 bits per heavy atom. The van der Waals surface area contributed by atoms with Gasteiger partial charge in [0, 0.05) is 0 Å². The minimum absolute atomic E-state index is 0.0603. The molecule has 18 heavy (non-hydrogen) atoms. The standard InChI is InChI=1S/C13H14ClFO3/c14-10-4-3-9(7-11(10)15)13(5-1-2-6-13)18-8-12(16)17/h3-4,7H,1-2,5-6,8H2,(H,16,17). The molecule has 1 aromatic rings. The van der Waals surface area contributed by atoms with Crippen molar-refractivity contribution in [2.24, 2.45) is 0 Å². The van der Waals surface area contributed by atoms with Gasteiger partial charge in [-0.2, -0.15) is 0 Å². The van der Waals surface area contributed by atoms with Crippen molar-refractivity contribution >= 4 is 17.6 Å². The number of hydrogen-bond acceptors (Lipinski definition) is 2. The molecule has 0 aliphatic heterocycles. The number of benzene rings is 1. The second-order valence-electron chi connectivity index (χ2n) is 4.51. The molecule has 1 saturated carbocycles. The zero-order chi connectivity index (χ0) is 13.2. The molecule has 98 valence electrons. The zero-order valence-corrected chi connectivity index (χ0v) is 10.5. The highest BCUT2D eigenvalue weighted by Crippen LogP contribution is 2.42. The smallest absolute Gasteiger partial charge is 0.329 e. The van der Waals surface area contributed by atoms with Crippen LogP contribution in [-0.2, 0) is 15.1 Å². The normalized spacial score (nSPS) is 17.9. The van der Waals surface area contributed by atoms with Crippen LogP contribution in [0.15, 0.2) is 18.2 Å². The molecule has 2 rings (SSSR count). The molecule has 1 N–H and O–H groups in total. The molecular weight excluding hydrogens is 259 g/mol. The third-order valence-corrected chi connectivity index (χ3v) is 3.64. The molecule has 5 heteroatoms. The summed E-state index contributed by atoms with van der Waals surface area (Å²) in [6.45, 7) is -0.371. The number of hydrogen-bond donors (Lipinski definition) is 1. The number of ether oxygens (including phenoxy) is 1. The molecule has 0 bridgehead atoms. The average molecular weight is 273 g/mol. The first-order chi connectivity index (χ1) is 8.53. The van der Waals surface area contributed by atoms with Gasteiger partial charge in [0.1, 0.15) is 12.4 Å². The topological polar surface area (TPSA) is 46.5 Å². The summed E-state index contributed by atoms with van der Waals surface area (Å²) in [5.74, 6) is -1.52. The van der Waals surface area contributed by atoms with Crippen LogP contribution >= 0.6 is 11.6 Å². The predicted molar refractivity (Wildman–Crippen MR) is 65.1 cm³/mol. The van der Waals surface area contributed by atoms with Crippen LogP contribution in [0.5, 0.6) is 0 Å². The quantitative estimate of drug-likeness (QED) is 0.914. The first kappa shape index (κ1) is 13.3. The number of carboxylic acid groups (broad SMARTS) is 1. The number of aliphatic carboxylic acids is 1. The van der Waals surface area contributed by atoms with E-state index >= 15 is 0 Å². The van der Waals surface area contributed by atoms with Crippen molar-refractivity contribution in [3.8, 4) is 0 Å². The van der Waals surface area contributed by atoms with Gasteiger partial charge in [0.05, 0.1) is 10.6 Å². The van der Waals surface area contributed by atoms with Gasteiger partial charge in [-0.1, -0.05) is 30.5 Å². The Morgan fingerprint density at radius 2 is 2.11 bits per heavy atom. The van der Waals surface area contributed by atoms with Crippen LogP contribution in [-0.4, -0.2) is 17.7 Å². The van der Waals surface area contributed by atoms with Gasteiger partial charge in [-0.3, -0.25) is 0 Å². The van der Waals surface area contributed by atoms with Gasteiger partial charge in [0.25, 0.3) is 0 Å². The summed E-state index contributed by atoms with van der Waals surface area (Å²) in [6, 6.07) is 4.53. The average Bonchev–Trinajstić information content (AvgIpc) is 2.80. The fraction of sp³-hybridized carbons (Fsp3) is 0.462. The van der Waals surface area contributed by atoms with Crippen LogP contribution in [0.4, 0.5) is 4.39 Å². The van der Waals surface area contributed by atoms with Crippen molar-refractivity contribution < 1.29 is 19.0 Å². The van der Waals surface area contributed by atoms with Gasteiger partial charge < -0.3 is 9.84 Å². The Morgan fingerprint density at radius 1 is 1.44 bits per heavy atom. The molecule has 1 aromatic carbocycles. The van der Waals surface area contributed by atoms with Crippen molar-refractivity contribution in [1.82, 2.24) is 0 Å². The maximum Gasteiger partial charge on any atom is 0.329 e. The summed E-state index contributed by atoms with van der Waals surface area (Å²) >= 11 is 5.65. The van der Waals surface area contributed by atoms with Crippen molar-refractivity contribution in [2.45, 2.75) is 31.3 Å². The molecule has 0 amide bonds. The molecule has 0 aromatic heterocycles. The molecule has 1 aliphatic carbocycles. The summed E-state index contributed by atoms with van der Waals surface area (Å²) in [5, 5.41) is 8.77. The Bertz CT molecular complexity index is 456. The fourth-order valence-corrected chi connectivity index (χ4v) is 2.56. The van der Waals surface area contributed by atoms with Gasteiger partial charge in [-0.25, -0.2) is 9.18 Å². The van der Waals surface area contributed by atoms with Gasteiger partial charge in [-0.15, -0.1) is 0 Å². The van der Waals surface area contributed by atoms with Crippen LogP contribution in [0, 0.1) is 5.82 Å². The van der Waals surface area contributed by atoms with E-state index in [0.29, 0.717) is 18.4 Å². The fourth-order valence-electron chi connectivity index (χ4n) is 2.44. The summed E-state index contributed by atoms with van der Waals surface area (Å²) in [7, 11) is 0. The highest BCUT2D eigenvalue weighted by molar-refractivity contribution is 6.30. The Hall–Kier alpha value is -1.13. The first-order valence-electron chi connectivity index (χ1n) is 5.85. The van der Waals surface area contributed by atoms with E-state index in [1.54, 1.807) is 6.07 Å². The SMILES string of the molecule is O=C(O)COC1(c2ccc(Cl)c(F)c2)CCCC1. The van der Waals surface area contributed by atoms with Gasteiger partial charge in [0.15, 0.2) is 0 Å². The number of carbonyl (C=O) groups is 1. The second-order valence-corrected chi connectivity index (χ2v) is 4.92. The van der Waals surface area contributed by atoms with E-state index < -0.39 is 17.4 Å². The van der Waals surface area contributed by atoms with Gasteiger partial charge >= 0.3 is 5.97 Å². The molecule has 0 unspecified atom stereocenters. The van der Waals surface area contributed by atoms with Crippen LogP contribution < -0.4 is 0 Å². The number of rotatable bonds is 4. The molecule has 0 saturated heterocycles. The van der Waals surface area contributed by atoms with Crippen molar-refractivity contribution in [2.75, 3.05) is 6.61 Å². The van der Waals surface area contributed by atoms with Crippen molar-refractivity contribution in [3.63, 3.8) is 0 Å². The maximum absolute atomic E-state index is 13.5. The van der Waals surface area contributed by atoms with E-state index in [0.717, 1.165) is 12.8 Å². The molecule has 0 atom stereocenters. The largest absolute Gasteiger partial charge is 0.480 e. The van der Waals surface area contributed by atoms with E-state index in [-0.39, 0.29) is 11.6 Å². The molecule has 0 heterocycles. The highest BCUT2D eigenvalue weighted by Gasteiger charge is 2.37. The molecule has 1 fully saturated rings. The number of carboxylic acids is 1. The van der Waals surface area contributed by atoms with E-state index in [1.165, 1.54) is 12.1 Å². The molecule has 3 nitrogen and oxygen atoms in total. The summed E-state index contributed by atoms with van der Waals surface area (Å²) in [6.07, 6.45) is 3.32. The van der Waals surface area contributed by atoms with E-state index in [9.17, 15) is 9.18 Å². The lowest BCUT2D eigenvalue weighted by molar-refractivity contribution is -0.150. The first-order valence-corrected chi connectivity index (χ1v) is 6.23.